The minimum Gasteiger partial charge on any atom is -0.480 e. The van der Waals surface area contributed by atoms with Gasteiger partial charge in [0.15, 0.2) is 0 Å². The van der Waals surface area contributed by atoms with Gasteiger partial charge in [0.1, 0.15) is 6.04 Å². The van der Waals surface area contributed by atoms with Gasteiger partial charge < -0.3 is 5.11 Å². The molecule has 0 radical (unpaired) electrons. The van der Waals surface area contributed by atoms with Crippen molar-refractivity contribution in [3.05, 3.63) is 0 Å². The fraction of sp³-hybridized carbons (Fsp3) is 0.900. The predicted octanol–water partition coefficient (Wildman–Crippen LogP) is 0.958. The molecular formula is C10H19NO4S. The van der Waals surface area contributed by atoms with Gasteiger partial charge in [0.2, 0.25) is 10.0 Å². The lowest BCUT2D eigenvalue weighted by molar-refractivity contribution is -0.139. The average molecular weight is 249 g/mol. The van der Waals surface area contributed by atoms with Gasteiger partial charge in [-0.05, 0) is 32.1 Å². The van der Waals surface area contributed by atoms with E-state index in [1.807, 2.05) is 13.8 Å². The first-order valence-corrected chi connectivity index (χ1v) is 6.91. The summed E-state index contributed by atoms with van der Waals surface area (Å²) in [6, 6.07) is -1.01. The lowest BCUT2D eigenvalue weighted by Crippen LogP contribution is -2.45. The Hall–Kier alpha value is -0.620. The summed E-state index contributed by atoms with van der Waals surface area (Å²) >= 11 is 0. The normalized spacial score (nSPS) is 20.8. The first-order valence-electron chi connectivity index (χ1n) is 5.42. The van der Waals surface area contributed by atoms with Crippen LogP contribution in [0, 0.1) is 5.92 Å². The van der Waals surface area contributed by atoms with Crippen molar-refractivity contribution in [1.29, 1.82) is 0 Å². The smallest absolute Gasteiger partial charge is 0.321 e. The Morgan fingerprint density at radius 1 is 1.44 bits per heavy atom. The number of hydrogen-bond acceptors (Lipinski definition) is 3. The third-order valence-electron chi connectivity index (χ3n) is 2.91. The third kappa shape index (κ3) is 2.95. The molecule has 5 nitrogen and oxygen atoms in total. The van der Waals surface area contributed by atoms with Gasteiger partial charge in [0.25, 0.3) is 0 Å². The zero-order valence-corrected chi connectivity index (χ0v) is 10.7. The lowest BCUT2D eigenvalue weighted by Gasteiger charge is -2.19. The molecule has 2 N–H and O–H groups in total. The van der Waals surface area contributed by atoms with E-state index in [0.717, 1.165) is 0 Å². The minimum atomic E-state index is -3.51. The van der Waals surface area contributed by atoms with Gasteiger partial charge in [-0.3, -0.25) is 4.79 Å². The molecular weight excluding hydrogens is 230 g/mol. The first-order chi connectivity index (χ1) is 7.18. The van der Waals surface area contributed by atoms with Gasteiger partial charge in [-0.1, -0.05) is 13.8 Å². The highest BCUT2D eigenvalue weighted by atomic mass is 32.2. The topological polar surface area (TPSA) is 83.5 Å². The maximum atomic E-state index is 11.8. The average Bonchev–Trinajstić information content (AvgIpc) is 2.82. The van der Waals surface area contributed by atoms with Crippen molar-refractivity contribution in [2.75, 3.05) is 0 Å². The second kappa shape index (κ2) is 4.33. The Balaban J connectivity index is 2.72. The van der Waals surface area contributed by atoms with Gasteiger partial charge in [-0.15, -0.1) is 0 Å². The number of carboxylic acid groups (broad SMARTS) is 1. The first kappa shape index (κ1) is 13.4. The van der Waals surface area contributed by atoms with Crippen LogP contribution >= 0.6 is 0 Å². The minimum absolute atomic E-state index is 0.135. The van der Waals surface area contributed by atoms with Crippen molar-refractivity contribution in [3.63, 3.8) is 0 Å². The number of sulfonamides is 1. The quantitative estimate of drug-likeness (QED) is 0.734. The Bertz CT molecular complexity index is 370. The highest BCUT2D eigenvalue weighted by molar-refractivity contribution is 7.91. The van der Waals surface area contributed by atoms with Crippen molar-refractivity contribution in [1.82, 2.24) is 4.72 Å². The Morgan fingerprint density at radius 3 is 2.25 bits per heavy atom. The van der Waals surface area contributed by atoms with Crippen molar-refractivity contribution in [3.8, 4) is 0 Å². The standard InChI is InChI=1S/C10H19NO4S/c1-7(2)6-8(9(12)13)11-16(14,15)10(3)4-5-10/h7-8,11H,4-6H2,1-3H3,(H,12,13)/t8-/m0/s1. The molecule has 0 spiro atoms. The molecule has 1 rings (SSSR count). The van der Waals surface area contributed by atoms with Gasteiger partial charge in [0, 0.05) is 0 Å². The fourth-order valence-electron chi connectivity index (χ4n) is 1.45. The van der Waals surface area contributed by atoms with E-state index in [9.17, 15) is 13.2 Å². The van der Waals surface area contributed by atoms with Gasteiger partial charge in [0.05, 0.1) is 4.75 Å². The molecule has 0 aromatic carbocycles. The summed E-state index contributed by atoms with van der Waals surface area (Å²) in [5.74, 6) is -0.975. The molecule has 0 saturated heterocycles. The van der Waals surface area contributed by atoms with Crippen LogP contribution in [-0.2, 0) is 14.8 Å². The second-order valence-corrected chi connectivity index (χ2v) is 7.32. The number of aliphatic carboxylic acids is 1. The number of carboxylic acids is 1. The lowest BCUT2D eigenvalue weighted by atomic mass is 10.1. The van der Waals surface area contributed by atoms with Crippen LogP contribution in [0.2, 0.25) is 0 Å². The van der Waals surface area contributed by atoms with Crippen LogP contribution in [0.5, 0.6) is 0 Å². The van der Waals surface area contributed by atoms with E-state index >= 15 is 0 Å². The van der Waals surface area contributed by atoms with Gasteiger partial charge >= 0.3 is 5.97 Å². The monoisotopic (exact) mass is 249 g/mol. The van der Waals surface area contributed by atoms with Crippen LogP contribution in [0.3, 0.4) is 0 Å². The summed E-state index contributed by atoms with van der Waals surface area (Å²) in [6.07, 6.45) is 1.53. The molecule has 0 bridgehead atoms. The van der Waals surface area contributed by atoms with Crippen molar-refractivity contribution in [2.24, 2.45) is 5.92 Å². The second-order valence-electron chi connectivity index (χ2n) is 5.09. The van der Waals surface area contributed by atoms with E-state index in [-0.39, 0.29) is 5.92 Å². The zero-order valence-electron chi connectivity index (χ0n) is 9.86. The van der Waals surface area contributed by atoms with Gasteiger partial charge in [-0.2, -0.15) is 0 Å². The Kier molecular flexibility index (Phi) is 3.64. The van der Waals surface area contributed by atoms with Crippen molar-refractivity contribution in [2.45, 2.75) is 50.8 Å². The van der Waals surface area contributed by atoms with Crippen LogP contribution in [0.1, 0.15) is 40.0 Å². The summed E-state index contributed by atoms with van der Waals surface area (Å²) < 4.78 is 25.2. The van der Waals surface area contributed by atoms with E-state index in [0.29, 0.717) is 19.3 Å². The number of rotatable bonds is 6. The maximum absolute atomic E-state index is 11.8. The molecule has 1 atom stereocenters. The predicted molar refractivity (Wildman–Crippen MR) is 60.6 cm³/mol. The van der Waals surface area contributed by atoms with E-state index in [2.05, 4.69) is 4.72 Å². The Morgan fingerprint density at radius 2 is 1.94 bits per heavy atom. The number of carbonyl (C=O) groups is 1. The highest BCUT2D eigenvalue weighted by Gasteiger charge is 2.51. The van der Waals surface area contributed by atoms with Crippen LogP contribution < -0.4 is 4.72 Å². The molecule has 94 valence electrons. The SMILES string of the molecule is CC(C)C[C@H](NS(=O)(=O)C1(C)CC1)C(=O)O. The summed E-state index contributed by atoms with van der Waals surface area (Å²) in [6.45, 7) is 5.37. The van der Waals surface area contributed by atoms with Gasteiger partial charge in [-0.25, -0.2) is 13.1 Å². The van der Waals surface area contributed by atoms with Crippen molar-refractivity contribution >= 4 is 16.0 Å². The molecule has 0 aromatic rings. The summed E-state index contributed by atoms with van der Waals surface area (Å²) in [5, 5.41) is 8.94. The Labute approximate surface area is 96.3 Å². The molecule has 0 unspecified atom stereocenters. The molecule has 1 fully saturated rings. The zero-order chi connectivity index (χ0) is 12.6. The van der Waals surface area contributed by atoms with Crippen LogP contribution in [-0.4, -0.2) is 30.3 Å². The molecule has 6 heteroatoms. The van der Waals surface area contributed by atoms with Crippen LogP contribution in [0.15, 0.2) is 0 Å². The molecule has 0 aromatic heterocycles. The van der Waals surface area contributed by atoms with Crippen molar-refractivity contribution < 1.29 is 18.3 Å². The van der Waals surface area contributed by atoms with E-state index in [1.165, 1.54) is 0 Å². The summed E-state index contributed by atoms with van der Waals surface area (Å²) in [4.78, 5) is 10.9. The molecule has 1 aliphatic carbocycles. The fourth-order valence-corrected chi connectivity index (χ4v) is 2.94. The maximum Gasteiger partial charge on any atom is 0.321 e. The van der Waals surface area contributed by atoms with E-state index in [1.54, 1.807) is 6.92 Å². The molecule has 1 aliphatic rings. The van der Waals surface area contributed by atoms with Crippen LogP contribution in [0.25, 0.3) is 0 Å². The molecule has 0 amide bonds. The summed E-state index contributed by atoms with van der Waals surface area (Å²) in [7, 11) is -3.51. The van der Waals surface area contributed by atoms with E-state index in [4.69, 9.17) is 5.11 Å². The third-order valence-corrected chi connectivity index (χ3v) is 5.21. The molecule has 16 heavy (non-hydrogen) atoms. The number of hydrogen-bond donors (Lipinski definition) is 2. The largest absolute Gasteiger partial charge is 0.480 e. The molecule has 0 aliphatic heterocycles. The molecule has 0 heterocycles. The number of nitrogens with one attached hydrogen (secondary N) is 1. The van der Waals surface area contributed by atoms with Crippen LogP contribution in [0.4, 0.5) is 0 Å². The summed E-state index contributed by atoms with van der Waals surface area (Å²) in [5.41, 5.74) is 0. The highest BCUT2D eigenvalue weighted by Crippen LogP contribution is 2.42. The van der Waals surface area contributed by atoms with E-state index < -0.39 is 26.8 Å². The molecule has 1 saturated carbocycles.